The molecule has 0 amide bonds. The lowest BCUT2D eigenvalue weighted by Gasteiger charge is -2.33. The van der Waals surface area contributed by atoms with Gasteiger partial charge in [0.15, 0.2) is 0 Å². The van der Waals surface area contributed by atoms with Gasteiger partial charge in [-0.05, 0) is 7.05 Å². The maximum Gasteiger partial charge on any atom is 0.0981 e. The Bertz CT molecular complexity index is 152. The van der Waals surface area contributed by atoms with Gasteiger partial charge in [0.05, 0.1) is 12.4 Å². The predicted octanol–water partition coefficient (Wildman–Crippen LogP) is -0.407. The first kappa shape index (κ1) is 9.48. The lowest BCUT2D eigenvalue weighted by Crippen LogP contribution is -2.47. The zero-order valence-corrected chi connectivity index (χ0v) is 7.58. The predicted molar refractivity (Wildman–Crippen MR) is 48.5 cm³/mol. The second-order valence-electron chi connectivity index (χ2n) is 3.21. The second kappa shape index (κ2) is 4.42. The number of nitrogens with zero attached hydrogens (tertiary/aromatic N) is 2. The van der Waals surface area contributed by atoms with Gasteiger partial charge in [-0.25, -0.2) is 0 Å². The zero-order valence-electron chi connectivity index (χ0n) is 7.58. The molecule has 0 aromatic carbocycles. The van der Waals surface area contributed by atoms with Crippen molar-refractivity contribution in [3.8, 4) is 0 Å². The number of rotatable bonds is 2. The van der Waals surface area contributed by atoms with Crippen molar-refractivity contribution >= 4 is 5.84 Å². The molecule has 70 valence electrons. The third-order valence-electron chi connectivity index (χ3n) is 2.23. The summed E-state index contributed by atoms with van der Waals surface area (Å²) in [6.07, 6.45) is 0.490. The summed E-state index contributed by atoms with van der Waals surface area (Å²) in [6, 6.07) is 0. The molecule has 0 atom stereocenters. The lowest BCUT2D eigenvalue weighted by molar-refractivity contribution is 0.208. The molecule has 0 bridgehead atoms. The Kier molecular flexibility index (Phi) is 3.49. The van der Waals surface area contributed by atoms with Crippen LogP contribution in [0, 0.1) is 5.41 Å². The first-order valence-electron chi connectivity index (χ1n) is 4.36. The quantitative estimate of drug-likeness (QED) is 0.439. The first-order chi connectivity index (χ1) is 5.74. The average Bonchev–Trinajstić information content (AvgIpc) is 2.06. The molecule has 0 unspecified atom stereocenters. The van der Waals surface area contributed by atoms with Gasteiger partial charge in [0, 0.05) is 32.6 Å². The molecule has 4 heteroatoms. The molecule has 1 fully saturated rings. The molecule has 0 aliphatic carbocycles. The largest absolute Gasteiger partial charge is 0.396 e. The highest BCUT2D eigenvalue weighted by atomic mass is 16.3. The van der Waals surface area contributed by atoms with Gasteiger partial charge in [0.1, 0.15) is 0 Å². The van der Waals surface area contributed by atoms with Crippen molar-refractivity contribution in [2.24, 2.45) is 0 Å². The number of hydrogen-bond donors (Lipinski definition) is 2. The van der Waals surface area contributed by atoms with E-state index in [0.29, 0.717) is 12.3 Å². The third kappa shape index (κ3) is 2.46. The highest BCUT2D eigenvalue weighted by Crippen LogP contribution is 2.01. The summed E-state index contributed by atoms with van der Waals surface area (Å²) < 4.78 is 0. The first-order valence-corrected chi connectivity index (χ1v) is 4.36. The van der Waals surface area contributed by atoms with Crippen LogP contribution in [0.1, 0.15) is 6.42 Å². The maximum absolute atomic E-state index is 8.64. The van der Waals surface area contributed by atoms with Gasteiger partial charge in [-0.2, -0.15) is 0 Å². The Balaban J connectivity index is 2.29. The van der Waals surface area contributed by atoms with Crippen LogP contribution in [0.15, 0.2) is 0 Å². The lowest BCUT2D eigenvalue weighted by atomic mass is 10.3. The Morgan fingerprint density at radius 3 is 2.42 bits per heavy atom. The Morgan fingerprint density at radius 1 is 1.33 bits per heavy atom. The molecule has 0 aromatic rings. The molecule has 12 heavy (non-hydrogen) atoms. The molecule has 0 radical (unpaired) electrons. The molecule has 1 aliphatic heterocycles. The van der Waals surface area contributed by atoms with Crippen molar-refractivity contribution in [3.05, 3.63) is 0 Å². The van der Waals surface area contributed by atoms with Crippen LogP contribution in [-0.4, -0.2) is 60.6 Å². The molecule has 0 spiro atoms. The van der Waals surface area contributed by atoms with Gasteiger partial charge in [-0.15, -0.1) is 0 Å². The molecule has 0 aromatic heterocycles. The van der Waals surface area contributed by atoms with Crippen LogP contribution in [0.3, 0.4) is 0 Å². The van der Waals surface area contributed by atoms with Crippen molar-refractivity contribution in [3.63, 3.8) is 0 Å². The molecule has 2 N–H and O–H groups in total. The normalized spacial score (nSPS) is 19.7. The number of hydrogen-bond acceptors (Lipinski definition) is 3. The van der Waals surface area contributed by atoms with Crippen LogP contribution in [0.5, 0.6) is 0 Å². The van der Waals surface area contributed by atoms with E-state index in [0.717, 1.165) is 26.2 Å². The van der Waals surface area contributed by atoms with Gasteiger partial charge in [0.25, 0.3) is 0 Å². The zero-order chi connectivity index (χ0) is 8.97. The molecular weight excluding hydrogens is 154 g/mol. The minimum absolute atomic E-state index is 0.0885. The summed E-state index contributed by atoms with van der Waals surface area (Å²) in [5, 5.41) is 16.2. The van der Waals surface area contributed by atoms with Crippen LogP contribution >= 0.6 is 0 Å². The number of aliphatic hydroxyl groups is 1. The number of aliphatic hydroxyl groups excluding tert-OH is 1. The van der Waals surface area contributed by atoms with E-state index in [-0.39, 0.29) is 6.61 Å². The van der Waals surface area contributed by atoms with Crippen LogP contribution in [-0.2, 0) is 0 Å². The third-order valence-corrected chi connectivity index (χ3v) is 2.23. The van der Waals surface area contributed by atoms with Crippen LogP contribution in [0.25, 0.3) is 0 Å². The smallest absolute Gasteiger partial charge is 0.0981 e. The second-order valence-corrected chi connectivity index (χ2v) is 3.21. The highest BCUT2D eigenvalue weighted by Gasteiger charge is 2.15. The fourth-order valence-corrected chi connectivity index (χ4v) is 1.34. The van der Waals surface area contributed by atoms with E-state index in [2.05, 4.69) is 11.9 Å². The summed E-state index contributed by atoms with van der Waals surface area (Å²) in [4.78, 5) is 4.29. The molecule has 1 aliphatic rings. The monoisotopic (exact) mass is 171 g/mol. The molecule has 1 rings (SSSR count). The fraction of sp³-hybridized carbons (Fsp3) is 0.875. The number of amidine groups is 1. The maximum atomic E-state index is 8.64. The SMILES string of the molecule is CN1CCN(C(=N)CCO)CC1. The topological polar surface area (TPSA) is 50.6 Å². The van der Waals surface area contributed by atoms with E-state index in [1.54, 1.807) is 0 Å². The van der Waals surface area contributed by atoms with Gasteiger partial charge in [-0.1, -0.05) is 0 Å². The molecular formula is C8H17N3O. The average molecular weight is 171 g/mol. The van der Waals surface area contributed by atoms with E-state index in [1.807, 2.05) is 4.90 Å². The van der Waals surface area contributed by atoms with Gasteiger partial charge < -0.3 is 14.9 Å². The van der Waals surface area contributed by atoms with Gasteiger partial charge in [0.2, 0.25) is 0 Å². The van der Waals surface area contributed by atoms with Crippen LogP contribution in [0.2, 0.25) is 0 Å². The van der Waals surface area contributed by atoms with Gasteiger partial charge >= 0.3 is 0 Å². The van der Waals surface area contributed by atoms with Crippen molar-refractivity contribution in [2.75, 3.05) is 39.8 Å². The fourth-order valence-electron chi connectivity index (χ4n) is 1.34. The number of nitrogens with one attached hydrogen (secondary N) is 1. The van der Waals surface area contributed by atoms with E-state index in [4.69, 9.17) is 10.5 Å². The van der Waals surface area contributed by atoms with E-state index in [9.17, 15) is 0 Å². The summed E-state index contributed by atoms with van der Waals surface area (Å²) in [5.41, 5.74) is 0. The summed E-state index contributed by atoms with van der Waals surface area (Å²) in [5.74, 6) is 0.575. The minimum Gasteiger partial charge on any atom is -0.396 e. The molecule has 1 heterocycles. The highest BCUT2D eigenvalue weighted by molar-refractivity contribution is 5.79. The van der Waals surface area contributed by atoms with E-state index in [1.165, 1.54) is 0 Å². The Labute approximate surface area is 73.3 Å². The Hall–Kier alpha value is -0.610. The van der Waals surface area contributed by atoms with Crippen LogP contribution in [0.4, 0.5) is 0 Å². The standard InChI is InChI=1S/C8H17N3O/c1-10-3-5-11(6-4-10)8(9)2-7-12/h9,12H,2-7H2,1H3. The van der Waals surface area contributed by atoms with E-state index < -0.39 is 0 Å². The molecule has 4 nitrogen and oxygen atoms in total. The summed E-state index contributed by atoms with van der Waals surface area (Å²) in [7, 11) is 2.09. The van der Waals surface area contributed by atoms with Crippen molar-refractivity contribution in [2.45, 2.75) is 6.42 Å². The van der Waals surface area contributed by atoms with Crippen molar-refractivity contribution in [1.29, 1.82) is 5.41 Å². The number of likely N-dealkylation sites (N-methyl/N-ethyl adjacent to an activating group) is 1. The molecule has 1 saturated heterocycles. The van der Waals surface area contributed by atoms with Gasteiger partial charge in [-0.3, -0.25) is 5.41 Å². The van der Waals surface area contributed by atoms with Crippen molar-refractivity contribution in [1.82, 2.24) is 9.80 Å². The summed E-state index contributed by atoms with van der Waals surface area (Å²) in [6.45, 7) is 3.98. The van der Waals surface area contributed by atoms with Crippen LogP contribution < -0.4 is 0 Å². The number of piperazine rings is 1. The Morgan fingerprint density at radius 2 is 1.92 bits per heavy atom. The molecule has 0 saturated carbocycles. The summed E-state index contributed by atoms with van der Waals surface area (Å²) >= 11 is 0. The minimum atomic E-state index is 0.0885. The van der Waals surface area contributed by atoms with Crippen molar-refractivity contribution < 1.29 is 5.11 Å². The van der Waals surface area contributed by atoms with E-state index >= 15 is 0 Å².